The summed E-state index contributed by atoms with van der Waals surface area (Å²) in [4.78, 5) is 31.5. The number of imidazole rings is 1. The molecule has 35 heavy (non-hydrogen) atoms. The molecule has 0 aliphatic heterocycles. The van der Waals surface area contributed by atoms with Gasteiger partial charge in [0.15, 0.2) is 11.2 Å². The van der Waals surface area contributed by atoms with Crippen molar-refractivity contribution in [3.63, 3.8) is 0 Å². The highest BCUT2D eigenvalue weighted by Crippen LogP contribution is 2.20. The molecule has 1 unspecified atom stereocenters. The molecular weight excluding hydrogens is 452 g/mol. The van der Waals surface area contributed by atoms with Gasteiger partial charge >= 0.3 is 5.69 Å². The number of aromatic hydroxyl groups is 1. The molecule has 11 nitrogen and oxygen atoms in total. The van der Waals surface area contributed by atoms with Crippen molar-refractivity contribution in [3.05, 3.63) is 80.5 Å². The van der Waals surface area contributed by atoms with Gasteiger partial charge in [0.25, 0.3) is 5.56 Å². The Hall–Kier alpha value is -4.38. The highest BCUT2D eigenvalue weighted by atomic mass is 16.5. The number of aryl methyl sites for hydroxylation is 2. The van der Waals surface area contributed by atoms with E-state index in [1.54, 1.807) is 25.4 Å². The monoisotopic (exact) mass is 478 g/mol. The molecular formula is C24H26N6O5. The fraction of sp³-hybridized carbons (Fsp3) is 0.250. The van der Waals surface area contributed by atoms with E-state index in [2.05, 4.69) is 15.1 Å². The maximum Gasteiger partial charge on any atom is 0.329 e. The van der Waals surface area contributed by atoms with Gasteiger partial charge in [-0.25, -0.2) is 9.80 Å². The normalized spacial score (nSPS) is 12.3. The smallest absolute Gasteiger partial charge is 0.329 e. The summed E-state index contributed by atoms with van der Waals surface area (Å²) in [5.74, 6) is 0.997. The van der Waals surface area contributed by atoms with Crippen molar-refractivity contribution < 1.29 is 14.9 Å². The number of anilines is 1. The van der Waals surface area contributed by atoms with Gasteiger partial charge in [0.1, 0.15) is 24.2 Å². The highest BCUT2D eigenvalue weighted by Gasteiger charge is 2.22. The molecule has 0 saturated carbocycles. The lowest BCUT2D eigenvalue weighted by molar-refractivity contribution is 0.0936. The summed E-state index contributed by atoms with van der Waals surface area (Å²) >= 11 is 0. The second-order valence-electron chi connectivity index (χ2n) is 8.15. The average molecular weight is 479 g/mol. The van der Waals surface area contributed by atoms with E-state index >= 15 is 0 Å². The molecule has 1 atom stereocenters. The van der Waals surface area contributed by atoms with E-state index in [1.165, 1.54) is 33.3 Å². The first-order chi connectivity index (χ1) is 16.7. The number of aliphatic hydroxyl groups is 1. The Morgan fingerprint density at radius 1 is 1.17 bits per heavy atom. The van der Waals surface area contributed by atoms with E-state index in [1.807, 2.05) is 31.2 Å². The number of aliphatic hydroxyl groups excluding tert-OH is 1. The molecule has 4 rings (SSSR count). The van der Waals surface area contributed by atoms with Crippen LogP contribution in [0.3, 0.4) is 0 Å². The van der Waals surface area contributed by atoms with E-state index < -0.39 is 17.4 Å². The second kappa shape index (κ2) is 9.85. The van der Waals surface area contributed by atoms with Crippen LogP contribution in [0.15, 0.2) is 63.2 Å². The zero-order valence-corrected chi connectivity index (χ0v) is 19.5. The summed E-state index contributed by atoms with van der Waals surface area (Å²) in [7, 11) is 3.13. The molecule has 2 aromatic heterocycles. The summed E-state index contributed by atoms with van der Waals surface area (Å²) in [6.07, 6.45) is 0.571. The van der Waals surface area contributed by atoms with Crippen molar-refractivity contribution in [2.45, 2.75) is 19.6 Å². The van der Waals surface area contributed by atoms with Gasteiger partial charge in [0.2, 0.25) is 5.95 Å². The van der Waals surface area contributed by atoms with Crippen LogP contribution in [0, 0.1) is 6.92 Å². The molecule has 0 amide bonds. The molecule has 182 valence electrons. The van der Waals surface area contributed by atoms with Crippen molar-refractivity contribution >= 4 is 23.3 Å². The highest BCUT2D eigenvalue weighted by molar-refractivity contribution is 5.81. The van der Waals surface area contributed by atoms with Crippen LogP contribution in [0.5, 0.6) is 11.5 Å². The molecule has 11 heteroatoms. The summed E-state index contributed by atoms with van der Waals surface area (Å²) in [6.45, 7) is 1.92. The number of aromatic nitrogens is 4. The first kappa shape index (κ1) is 23.8. The summed E-state index contributed by atoms with van der Waals surface area (Å²) in [6, 6.07) is 13.9. The number of phenols is 1. The number of phenolic OH excluding ortho intramolecular Hbond substituents is 1. The Morgan fingerprint density at radius 2 is 1.86 bits per heavy atom. The third-order valence-electron chi connectivity index (χ3n) is 5.41. The first-order valence-corrected chi connectivity index (χ1v) is 10.9. The maximum atomic E-state index is 12.7. The number of hydrogen-bond donors (Lipinski definition) is 3. The van der Waals surface area contributed by atoms with E-state index in [4.69, 9.17) is 4.74 Å². The number of nitrogens with one attached hydrogen (secondary N) is 1. The van der Waals surface area contributed by atoms with E-state index in [-0.39, 0.29) is 36.0 Å². The molecule has 4 aromatic rings. The largest absolute Gasteiger partial charge is 0.508 e. The Kier molecular flexibility index (Phi) is 6.69. The van der Waals surface area contributed by atoms with Crippen molar-refractivity contribution in [1.82, 2.24) is 19.1 Å². The fourth-order valence-electron chi connectivity index (χ4n) is 3.50. The molecule has 0 saturated heterocycles. The number of benzene rings is 2. The predicted molar refractivity (Wildman–Crippen MR) is 132 cm³/mol. The van der Waals surface area contributed by atoms with Gasteiger partial charge < -0.3 is 14.9 Å². The minimum atomic E-state index is -0.987. The van der Waals surface area contributed by atoms with Crippen LogP contribution >= 0.6 is 0 Å². The molecule has 2 aromatic carbocycles. The zero-order valence-electron chi connectivity index (χ0n) is 19.5. The predicted octanol–water partition coefficient (Wildman–Crippen LogP) is 1.35. The molecule has 2 heterocycles. The van der Waals surface area contributed by atoms with Crippen LogP contribution in [0.1, 0.15) is 11.1 Å². The van der Waals surface area contributed by atoms with Crippen LogP contribution in [-0.2, 0) is 13.6 Å². The number of hydrazone groups is 1. The number of H-pyrrole nitrogens is 1. The van der Waals surface area contributed by atoms with E-state index in [0.29, 0.717) is 5.75 Å². The topological polar surface area (TPSA) is 138 Å². The lowest BCUT2D eigenvalue weighted by Gasteiger charge is -2.18. The SMILES string of the molecule is Cc1ccc(OCC(O)Cn2c(N(C)/N=C/c3ccc(O)cc3)nc3c2c(=O)[nH]c(=O)n3C)cc1. The Balaban J connectivity index is 1.65. The number of aromatic amines is 1. The van der Waals surface area contributed by atoms with Gasteiger partial charge in [0.05, 0.1) is 12.8 Å². The molecule has 0 bridgehead atoms. The minimum Gasteiger partial charge on any atom is -0.508 e. The number of hydrogen-bond acceptors (Lipinski definition) is 8. The van der Waals surface area contributed by atoms with E-state index in [9.17, 15) is 19.8 Å². The van der Waals surface area contributed by atoms with Crippen LogP contribution in [0.2, 0.25) is 0 Å². The molecule has 0 spiro atoms. The number of ether oxygens (including phenoxy) is 1. The molecule has 3 N–H and O–H groups in total. The van der Waals surface area contributed by atoms with Crippen molar-refractivity contribution in [1.29, 1.82) is 0 Å². The average Bonchev–Trinajstić information content (AvgIpc) is 3.21. The van der Waals surface area contributed by atoms with Gasteiger partial charge in [-0.05, 0) is 48.9 Å². The van der Waals surface area contributed by atoms with Crippen molar-refractivity contribution in [2.24, 2.45) is 12.1 Å². The van der Waals surface area contributed by atoms with Crippen molar-refractivity contribution in [3.8, 4) is 11.5 Å². The summed E-state index contributed by atoms with van der Waals surface area (Å²) < 4.78 is 8.41. The van der Waals surface area contributed by atoms with Gasteiger partial charge in [0, 0.05) is 14.1 Å². The summed E-state index contributed by atoms with van der Waals surface area (Å²) in [5, 5.41) is 26.0. The standard InChI is InChI=1S/C24H26N6O5/c1-15-4-10-19(11-5-15)35-14-18(32)13-30-20-21(28(2)24(34)27-22(20)33)26-23(30)29(3)25-12-16-6-8-17(31)9-7-16/h4-12,18,31-32H,13-14H2,1-3H3,(H,27,33,34)/b25-12+. The van der Waals surface area contributed by atoms with Crippen LogP contribution < -0.4 is 21.0 Å². The third-order valence-corrected chi connectivity index (χ3v) is 5.41. The molecule has 0 aliphatic carbocycles. The third kappa shape index (κ3) is 5.25. The van der Waals surface area contributed by atoms with Crippen molar-refractivity contribution in [2.75, 3.05) is 18.7 Å². The van der Waals surface area contributed by atoms with Gasteiger partial charge in [-0.3, -0.25) is 18.9 Å². The second-order valence-corrected chi connectivity index (χ2v) is 8.15. The lowest BCUT2D eigenvalue weighted by atomic mass is 10.2. The fourth-order valence-corrected chi connectivity index (χ4v) is 3.50. The van der Waals surface area contributed by atoms with E-state index in [0.717, 1.165) is 11.1 Å². The van der Waals surface area contributed by atoms with Crippen LogP contribution in [0.4, 0.5) is 5.95 Å². The quantitative estimate of drug-likeness (QED) is 0.257. The zero-order chi connectivity index (χ0) is 25.1. The van der Waals surface area contributed by atoms with Gasteiger partial charge in [-0.1, -0.05) is 17.7 Å². The summed E-state index contributed by atoms with van der Waals surface area (Å²) in [5.41, 5.74) is 0.888. The Labute approximate surface area is 200 Å². The van der Waals surface area contributed by atoms with Gasteiger partial charge in [-0.2, -0.15) is 10.1 Å². The Morgan fingerprint density at radius 3 is 2.54 bits per heavy atom. The first-order valence-electron chi connectivity index (χ1n) is 10.9. The number of rotatable bonds is 8. The minimum absolute atomic E-state index is 0.0215. The Bertz CT molecular complexity index is 1470. The lowest BCUT2D eigenvalue weighted by Crippen LogP contribution is -2.31. The molecule has 0 aliphatic rings. The molecule has 0 radical (unpaired) electrons. The molecule has 0 fully saturated rings. The number of fused-ring (bicyclic) bond motifs is 1. The van der Waals surface area contributed by atoms with Crippen LogP contribution in [-0.4, -0.2) is 55.3 Å². The van der Waals surface area contributed by atoms with Gasteiger partial charge in [-0.15, -0.1) is 0 Å². The maximum absolute atomic E-state index is 12.7. The number of nitrogens with zero attached hydrogens (tertiary/aromatic N) is 5. The van der Waals surface area contributed by atoms with Crippen LogP contribution in [0.25, 0.3) is 11.2 Å².